The van der Waals surface area contributed by atoms with Crippen LogP contribution in [0.15, 0.2) is 0 Å². The minimum Gasteiger partial charge on any atom is -0.288 e. The topological polar surface area (TPSA) is 17.1 Å². The zero-order valence-electron chi connectivity index (χ0n) is 8.39. The Hall–Kier alpha value is 0.237. The summed E-state index contributed by atoms with van der Waals surface area (Å²) < 4.78 is 0. The summed E-state index contributed by atoms with van der Waals surface area (Å²) in [6.07, 6.45) is 0.685. The first-order valence-electron chi connectivity index (χ1n) is 4.82. The third kappa shape index (κ3) is 3.76. The number of hydrogen-bond acceptors (Lipinski definition) is 1. The van der Waals surface area contributed by atoms with E-state index in [0.29, 0.717) is 6.42 Å². The molecule has 0 aromatic rings. The summed E-state index contributed by atoms with van der Waals surface area (Å²) in [6, 6.07) is 5.06. The van der Waals surface area contributed by atoms with Gasteiger partial charge in [0.15, 0.2) is 5.12 Å². The van der Waals surface area contributed by atoms with Crippen molar-refractivity contribution in [2.45, 2.75) is 51.4 Å². The molecule has 0 N–H and O–H groups in total. The lowest BCUT2D eigenvalue weighted by atomic mass is 10.5. The van der Waals surface area contributed by atoms with E-state index in [0.717, 1.165) is 6.04 Å². The molecule has 0 rings (SSSR count). The van der Waals surface area contributed by atoms with Gasteiger partial charge in [0.05, 0.1) is 8.07 Å². The summed E-state index contributed by atoms with van der Waals surface area (Å²) in [7, 11) is -1.05. The van der Waals surface area contributed by atoms with Crippen LogP contribution in [0.25, 0.3) is 0 Å². The smallest absolute Gasteiger partial charge is 0.185 e. The van der Waals surface area contributed by atoms with E-state index >= 15 is 0 Å². The molecule has 0 aromatic heterocycles. The number of carbonyl (C=O) groups excluding carboxylic acids is 1. The molecule has 0 spiro atoms. The van der Waals surface area contributed by atoms with Gasteiger partial charge in [-0.3, -0.25) is 4.79 Å². The molecule has 1 nitrogen and oxygen atoms in total. The van der Waals surface area contributed by atoms with E-state index in [4.69, 9.17) is 0 Å². The van der Waals surface area contributed by atoms with Gasteiger partial charge in [0.25, 0.3) is 0 Å². The van der Waals surface area contributed by atoms with E-state index in [-0.39, 0.29) is 5.12 Å². The highest BCUT2D eigenvalue weighted by molar-refractivity contribution is 7.96. The fourth-order valence-electron chi connectivity index (χ4n) is 1.65. The molecule has 0 aliphatic rings. The standard InChI is InChI=1S/C9H20OSSi/c1-4-12(5-2,6-3)8-7-9(10)11/h4-8H2,1-3H3,(H,10,11). The highest BCUT2D eigenvalue weighted by Crippen LogP contribution is 2.26. The molecule has 0 aromatic carbocycles. The van der Waals surface area contributed by atoms with Crippen molar-refractivity contribution in [2.75, 3.05) is 0 Å². The summed E-state index contributed by atoms with van der Waals surface area (Å²) in [5, 5.41) is 0.0576. The number of thiol groups is 1. The summed E-state index contributed by atoms with van der Waals surface area (Å²) in [5.74, 6) is 0. The van der Waals surface area contributed by atoms with Crippen molar-refractivity contribution in [3.8, 4) is 0 Å². The monoisotopic (exact) mass is 204 g/mol. The Labute approximate surface area is 82.4 Å². The largest absolute Gasteiger partial charge is 0.288 e. The van der Waals surface area contributed by atoms with Crippen LogP contribution >= 0.6 is 12.6 Å². The maximum Gasteiger partial charge on any atom is 0.185 e. The quantitative estimate of drug-likeness (QED) is 0.519. The third-order valence-electron chi connectivity index (χ3n) is 3.12. The van der Waals surface area contributed by atoms with Gasteiger partial charge < -0.3 is 0 Å². The Morgan fingerprint density at radius 2 is 1.58 bits per heavy atom. The van der Waals surface area contributed by atoms with E-state index in [1.807, 2.05) is 0 Å². The molecule has 0 atom stereocenters. The second-order valence-corrected chi connectivity index (χ2v) is 9.57. The predicted molar refractivity (Wildman–Crippen MR) is 60.6 cm³/mol. The van der Waals surface area contributed by atoms with Gasteiger partial charge in [-0.15, -0.1) is 12.6 Å². The number of carbonyl (C=O) groups is 1. The average Bonchev–Trinajstić information content (AvgIpc) is 2.08. The fraction of sp³-hybridized carbons (Fsp3) is 0.889. The molecule has 0 bridgehead atoms. The number of rotatable bonds is 6. The van der Waals surface area contributed by atoms with Crippen molar-refractivity contribution in [1.29, 1.82) is 0 Å². The molecule has 0 aliphatic carbocycles. The summed E-state index contributed by atoms with van der Waals surface area (Å²) >= 11 is 3.81. The van der Waals surface area contributed by atoms with Crippen LogP contribution < -0.4 is 0 Å². The minimum atomic E-state index is -1.05. The van der Waals surface area contributed by atoms with Crippen molar-refractivity contribution in [1.82, 2.24) is 0 Å². The summed E-state index contributed by atoms with van der Waals surface area (Å²) in [5.41, 5.74) is 0. The molecular weight excluding hydrogens is 184 g/mol. The van der Waals surface area contributed by atoms with E-state index in [1.165, 1.54) is 18.1 Å². The van der Waals surface area contributed by atoms with Crippen molar-refractivity contribution in [3.63, 3.8) is 0 Å². The van der Waals surface area contributed by atoms with Gasteiger partial charge in [-0.05, 0) is 6.04 Å². The van der Waals surface area contributed by atoms with E-state index in [1.54, 1.807) is 0 Å². The second kappa shape index (κ2) is 5.81. The van der Waals surface area contributed by atoms with Crippen LogP contribution in [0, 0.1) is 0 Å². The van der Waals surface area contributed by atoms with Gasteiger partial charge in [-0.25, -0.2) is 0 Å². The SMILES string of the molecule is CC[Si](CC)(CC)CCC(=O)S. The van der Waals surface area contributed by atoms with Gasteiger partial charge in [0.1, 0.15) is 0 Å². The van der Waals surface area contributed by atoms with Gasteiger partial charge in [0, 0.05) is 6.42 Å². The van der Waals surface area contributed by atoms with Crippen LogP contribution in [0.3, 0.4) is 0 Å². The second-order valence-electron chi connectivity index (χ2n) is 3.45. The van der Waals surface area contributed by atoms with Gasteiger partial charge in [0.2, 0.25) is 0 Å². The molecule has 72 valence electrons. The van der Waals surface area contributed by atoms with Crippen molar-refractivity contribution in [3.05, 3.63) is 0 Å². The Morgan fingerprint density at radius 1 is 1.17 bits per heavy atom. The molecule has 0 saturated carbocycles. The summed E-state index contributed by atoms with van der Waals surface area (Å²) in [4.78, 5) is 10.7. The molecule has 3 heteroatoms. The van der Waals surface area contributed by atoms with Crippen LogP contribution in [0.4, 0.5) is 0 Å². The Morgan fingerprint density at radius 3 is 1.83 bits per heavy atom. The Balaban J connectivity index is 4.01. The molecule has 0 amide bonds. The maximum absolute atomic E-state index is 10.7. The minimum absolute atomic E-state index is 0.0576. The Kier molecular flexibility index (Phi) is 5.92. The zero-order valence-corrected chi connectivity index (χ0v) is 10.3. The lowest BCUT2D eigenvalue weighted by Gasteiger charge is -2.27. The third-order valence-corrected chi connectivity index (χ3v) is 9.15. The first-order valence-corrected chi connectivity index (χ1v) is 8.09. The van der Waals surface area contributed by atoms with Crippen LogP contribution in [0.2, 0.25) is 24.2 Å². The van der Waals surface area contributed by atoms with Crippen LogP contribution in [0.1, 0.15) is 27.2 Å². The molecular formula is C9H20OSSi. The predicted octanol–water partition coefficient (Wildman–Crippen LogP) is 3.34. The van der Waals surface area contributed by atoms with Crippen LogP contribution in [-0.4, -0.2) is 13.2 Å². The van der Waals surface area contributed by atoms with E-state index in [9.17, 15) is 4.79 Å². The van der Waals surface area contributed by atoms with Gasteiger partial charge in [-0.1, -0.05) is 38.9 Å². The molecule has 0 fully saturated rings. The van der Waals surface area contributed by atoms with Crippen molar-refractivity contribution >= 4 is 25.8 Å². The van der Waals surface area contributed by atoms with Crippen LogP contribution in [0.5, 0.6) is 0 Å². The molecule has 0 unspecified atom stereocenters. The maximum atomic E-state index is 10.7. The number of hydrogen-bond donors (Lipinski definition) is 1. The lowest BCUT2D eigenvalue weighted by Crippen LogP contribution is -2.31. The van der Waals surface area contributed by atoms with Gasteiger partial charge in [-0.2, -0.15) is 0 Å². The normalized spacial score (nSPS) is 11.7. The highest BCUT2D eigenvalue weighted by Gasteiger charge is 2.26. The first kappa shape index (κ1) is 12.2. The zero-order chi connectivity index (χ0) is 9.61. The molecule has 12 heavy (non-hydrogen) atoms. The molecule has 0 aliphatic heterocycles. The van der Waals surface area contributed by atoms with Gasteiger partial charge >= 0.3 is 0 Å². The van der Waals surface area contributed by atoms with E-state index in [2.05, 4.69) is 33.4 Å². The Bertz CT molecular complexity index is 135. The fourth-order valence-corrected chi connectivity index (χ4v) is 5.29. The first-order chi connectivity index (χ1) is 5.60. The average molecular weight is 204 g/mol. The van der Waals surface area contributed by atoms with Crippen molar-refractivity contribution in [2.24, 2.45) is 0 Å². The highest BCUT2D eigenvalue weighted by atomic mass is 32.1. The molecule has 0 heterocycles. The van der Waals surface area contributed by atoms with E-state index < -0.39 is 8.07 Å². The molecule has 0 radical (unpaired) electrons. The molecule has 0 saturated heterocycles. The van der Waals surface area contributed by atoms with Crippen molar-refractivity contribution < 1.29 is 4.79 Å². The lowest BCUT2D eigenvalue weighted by molar-refractivity contribution is -0.110. The summed E-state index contributed by atoms with van der Waals surface area (Å²) in [6.45, 7) is 6.80. The van der Waals surface area contributed by atoms with Crippen LogP contribution in [-0.2, 0) is 4.79 Å².